The van der Waals surface area contributed by atoms with E-state index in [1.807, 2.05) is 0 Å². The number of nitrogens with zero attached hydrogens (tertiary/aromatic N) is 1. The summed E-state index contributed by atoms with van der Waals surface area (Å²) in [5.74, 6) is 0. The molecule has 0 radical (unpaired) electrons. The van der Waals surface area contributed by atoms with Crippen molar-refractivity contribution in [1.29, 1.82) is 0 Å². The van der Waals surface area contributed by atoms with Crippen molar-refractivity contribution in [3.8, 4) is 0 Å². The van der Waals surface area contributed by atoms with Crippen LogP contribution in [-0.2, 0) is 16.6 Å². The Kier molecular flexibility index (Phi) is 7.27. The van der Waals surface area contributed by atoms with Crippen molar-refractivity contribution < 1.29 is 37.7 Å². The van der Waals surface area contributed by atoms with Gasteiger partial charge in [0.1, 0.15) is 0 Å². The summed E-state index contributed by atoms with van der Waals surface area (Å²) in [4.78, 5) is 0.142. The van der Waals surface area contributed by atoms with Gasteiger partial charge in [0.2, 0.25) is 10.0 Å². The lowest BCUT2D eigenvalue weighted by Crippen LogP contribution is -2.42. The molecule has 0 bridgehead atoms. The summed E-state index contributed by atoms with van der Waals surface area (Å²) in [5, 5.41) is 5.09. The van der Waals surface area contributed by atoms with Crippen LogP contribution < -0.4 is 23.7 Å². The van der Waals surface area contributed by atoms with E-state index in [9.17, 15) is 8.42 Å². The fourth-order valence-electron chi connectivity index (χ4n) is 2.35. The molecule has 0 amide bonds. The van der Waals surface area contributed by atoms with Gasteiger partial charge in [-0.25, -0.2) is 13.6 Å². The number of primary sulfonamides is 1. The molecule has 0 aliphatic carbocycles. The number of rotatable bonds is 3. The van der Waals surface area contributed by atoms with E-state index in [2.05, 4.69) is 37.5 Å². The van der Waals surface area contributed by atoms with Gasteiger partial charge >= 0.3 is 0 Å². The molecule has 2 N–H and O–H groups in total. The molecule has 0 aliphatic rings. The van der Waals surface area contributed by atoms with E-state index in [1.165, 1.54) is 17.0 Å². The fourth-order valence-corrected chi connectivity index (χ4v) is 2.87. The minimum Gasteiger partial charge on any atom is -0.357 e. The molecule has 9 heteroatoms. The number of aryl methyl sites for hydroxylation is 3. The molecule has 0 saturated carbocycles. The summed E-state index contributed by atoms with van der Waals surface area (Å²) < 4.78 is 49.9. The van der Waals surface area contributed by atoms with Gasteiger partial charge in [-0.05, 0) is 24.6 Å². The number of aromatic nitrogens is 1. The highest BCUT2D eigenvalue weighted by molar-refractivity contribution is 7.89. The first-order valence-corrected chi connectivity index (χ1v) is 9.30. The first-order chi connectivity index (χ1) is 11.0. The van der Waals surface area contributed by atoms with Crippen molar-refractivity contribution >= 4 is 10.0 Å². The molecule has 132 valence electrons. The van der Waals surface area contributed by atoms with Gasteiger partial charge in [0.25, 0.3) is 0 Å². The van der Waals surface area contributed by atoms with Crippen molar-refractivity contribution in [3.63, 3.8) is 0 Å². The number of benzene rings is 1. The van der Waals surface area contributed by atoms with E-state index in [1.54, 1.807) is 24.3 Å². The highest BCUT2D eigenvalue weighted by atomic mass is 35.6. The molecule has 2 aromatic rings. The number of hydrogen-bond donors (Lipinski definition) is 1. The Balaban J connectivity index is 0.000000648. The first-order valence-electron chi connectivity index (χ1n) is 6.83. The van der Waals surface area contributed by atoms with Gasteiger partial charge < -0.3 is 14.0 Å². The molecule has 2 rings (SSSR count). The van der Waals surface area contributed by atoms with Crippen LogP contribution in [-0.4, -0.2) is 8.42 Å². The normalized spacial score (nSPS) is 11.2. The summed E-state index contributed by atoms with van der Waals surface area (Å²) in [6, 6.07) is 10.9. The monoisotopic (exact) mass is 374 g/mol. The number of sulfonamides is 1. The number of hydrogen-bond acceptors (Lipinski definition) is 5. The second-order valence-corrected chi connectivity index (χ2v) is 7.22. The average Bonchev–Trinajstić information content (AvgIpc) is 2.41. The van der Waals surface area contributed by atoms with Gasteiger partial charge in [-0.2, -0.15) is 4.57 Å². The quantitative estimate of drug-likeness (QED) is 0.622. The Morgan fingerprint density at radius 1 is 1.00 bits per heavy atom. The maximum atomic E-state index is 11.2. The van der Waals surface area contributed by atoms with Gasteiger partial charge in [-0.1, -0.05) is 12.1 Å². The van der Waals surface area contributed by atoms with Crippen LogP contribution in [0, 0.1) is 31.6 Å². The van der Waals surface area contributed by atoms with Crippen molar-refractivity contribution in [2.24, 2.45) is 5.14 Å². The Labute approximate surface area is 144 Å². The Morgan fingerprint density at radius 3 is 1.79 bits per heavy atom. The van der Waals surface area contributed by atoms with E-state index < -0.39 is 20.8 Å². The summed E-state index contributed by atoms with van der Waals surface area (Å²) in [6.45, 7) is 6.92. The lowest BCUT2D eigenvalue weighted by Gasteiger charge is -2.06. The number of nitrogens with two attached hydrogens (primary N) is 1. The SMILES string of the molecule is Cc1cc(C)[n+](Cc2ccc(S(N)(=O)=O)cc2)c(C)c1.[O-][Cl+2]([O-])[O-]. The van der Waals surface area contributed by atoms with Crippen LogP contribution >= 0.6 is 0 Å². The molecular weight excluding hydrogens is 356 g/mol. The lowest BCUT2D eigenvalue weighted by molar-refractivity contribution is -1.73. The number of pyridine rings is 1. The third kappa shape index (κ3) is 6.52. The molecule has 24 heavy (non-hydrogen) atoms. The van der Waals surface area contributed by atoms with Crippen molar-refractivity contribution in [1.82, 2.24) is 0 Å². The smallest absolute Gasteiger partial charge is 0.238 e. The Morgan fingerprint density at radius 2 is 1.42 bits per heavy atom. The van der Waals surface area contributed by atoms with Gasteiger partial charge in [-0.15, -0.1) is 0 Å². The largest absolute Gasteiger partial charge is 0.357 e. The second kappa shape index (κ2) is 8.52. The fraction of sp³-hybridized carbons (Fsp3) is 0.267. The zero-order valence-electron chi connectivity index (χ0n) is 13.5. The maximum absolute atomic E-state index is 11.2. The average molecular weight is 375 g/mol. The van der Waals surface area contributed by atoms with Crippen LogP contribution in [0.3, 0.4) is 0 Å². The molecule has 1 heterocycles. The Bertz CT molecular complexity index is 766. The topological polar surface area (TPSA) is 133 Å². The van der Waals surface area contributed by atoms with E-state index in [-0.39, 0.29) is 4.90 Å². The highest BCUT2D eigenvalue weighted by Gasteiger charge is 2.13. The molecule has 1 aromatic carbocycles. The van der Waals surface area contributed by atoms with Crippen molar-refractivity contribution in [3.05, 3.63) is 58.9 Å². The van der Waals surface area contributed by atoms with E-state index >= 15 is 0 Å². The van der Waals surface area contributed by atoms with Crippen LogP contribution in [0.25, 0.3) is 0 Å². The molecule has 1 aromatic heterocycles. The summed E-state index contributed by atoms with van der Waals surface area (Å²) in [5.41, 5.74) is 4.63. The molecule has 0 aliphatic heterocycles. The summed E-state index contributed by atoms with van der Waals surface area (Å²) in [7, 11) is -6.47. The van der Waals surface area contributed by atoms with Crippen molar-refractivity contribution in [2.75, 3.05) is 0 Å². The Hall–Kier alpha value is -1.55. The van der Waals surface area contributed by atoms with Crippen LogP contribution in [0.4, 0.5) is 0 Å². The summed E-state index contributed by atoms with van der Waals surface area (Å²) in [6.07, 6.45) is 0. The van der Waals surface area contributed by atoms with E-state index in [4.69, 9.17) is 19.1 Å². The summed E-state index contributed by atoms with van der Waals surface area (Å²) >= 11 is 0. The minimum absolute atomic E-state index is 0.142. The second-order valence-electron chi connectivity index (χ2n) is 5.28. The zero-order chi connectivity index (χ0) is 18.5. The molecule has 0 saturated heterocycles. The maximum Gasteiger partial charge on any atom is 0.238 e. The molecule has 0 spiro atoms. The van der Waals surface area contributed by atoms with Gasteiger partial charge in [-0.3, -0.25) is 0 Å². The standard InChI is InChI=1S/C15H19N2O2S.ClO3/c1-11-8-12(2)17(13(3)9-11)10-14-4-6-15(7-5-14)20(16,18)19;2-1(3)4/h4-9H,10H2,1-3H3,(H2,16,18,19);/q+1;-1. The van der Waals surface area contributed by atoms with Crippen LogP contribution in [0.5, 0.6) is 0 Å². The van der Waals surface area contributed by atoms with Gasteiger partial charge in [0.15, 0.2) is 17.9 Å². The predicted octanol–water partition coefficient (Wildman–Crippen LogP) is -1.97. The highest BCUT2D eigenvalue weighted by Crippen LogP contribution is 2.10. The van der Waals surface area contributed by atoms with Crippen molar-refractivity contribution in [2.45, 2.75) is 32.2 Å². The van der Waals surface area contributed by atoms with E-state index in [0.717, 1.165) is 5.56 Å². The third-order valence-electron chi connectivity index (χ3n) is 3.32. The zero-order valence-corrected chi connectivity index (χ0v) is 15.1. The van der Waals surface area contributed by atoms with Crippen LogP contribution in [0.2, 0.25) is 0 Å². The van der Waals surface area contributed by atoms with E-state index in [0.29, 0.717) is 6.54 Å². The molecule has 0 unspecified atom stereocenters. The third-order valence-corrected chi connectivity index (χ3v) is 4.25. The predicted molar refractivity (Wildman–Crippen MR) is 77.8 cm³/mol. The molecule has 0 fully saturated rings. The minimum atomic E-state index is -3.62. The molecule has 0 atom stereocenters. The van der Waals surface area contributed by atoms with Gasteiger partial charge in [0.05, 0.1) is 15.7 Å². The first kappa shape index (κ1) is 20.5. The molecular formula is C15H19ClN2O5S. The lowest BCUT2D eigenvalue weighted by atomic mass is 10.1. The van der Waals surface area contributed by atoms with Gasteiger partial charge in [0, 0.05) is 31.5 Å². The number of halogens is 1. The van der Waals surface area contributed by atoms with Crippen LogP contribution in [0.15, 0.2) is 41.3 Å². The molecule has 7 nitrogen and oxygen atoms in total. The van der Waals surface area contributed by atoms with Crippen LogP contribution in [0.1, 0.15) is 22.5 Å².